The molecule has 0 N–H and O–H groups in total. The lowest BCUT2D eigenvalue weighted by atomic mass is 9.98. The van der Waals surface area contributed by atoms with Gasteiger partial charge >= 0.3 is 5.88 Å². The number of methoxy groups -OCH3 is 2. The number of hydrogen-bond acceptors (Lipinski definition) is 9. The van der Waals surface area contributed by atoms with Crippen molar-refractivity contribution in [3.63, 3.8) is 0 Å². The van der Waals surface area contributed by atoms with Gasteiger partial charge < -0.3 is 14.6 Å². The van der Waals surface area contributed by atoms with Gasteiger partial charge in [0.1, 0.15) is 22.6 Å². The van der Waals surface area contributed by atoms with Crippen molar-refractivity contribution in [3.05, 3.63) is 66.4 Å². The molecule has 4 aromatic rings. The van der Waals surface area contributed by atoms with Crippen molar-refractivity contribution in [3.8, 4) is 40.0 Å². The molecule has 2 aromatic heterocycles. The molecular formula is C25H21N5O4S. The molecule has 0 aliphatic heterocycles. The van der Waals surface area contributed by atoms with Crippen molar-refractivity contribution in [2.45, 2.75) is 5.03 Å². The van der Waals surface area contributed by atoms with Gasteiger partial charge in [-0.3, -0.25) is 4.52 Å². The number of hydrogen-bond donors (Lipinski definition) is 0. The van der Waals surface area contributed by atoms with Crippen LogP contribution in [-0.4, -0.2) is 36.1 Å². The lowest BCUT2D eigenvalue weighted by Crippen LogP contribution is -2.27. The fourth-order valence-corrected chi connectivity index (χ4v) is 4.16. The molecule has 4 rings (SSSR count). The normalized spacial score (nSPS) is 11.2. The van der Waals surface area contributed by atoms with E-state index in [1.807, 2.05) is 42.5 Å². The molecule has 0 saturated heterocycles. The summed E-state index contributed by atoms with van der Waals surface area (Å²) in [5, 5.41) is 26.6. The van der Waals surface area contributed by atoms with E-state index in [4.69, 9.17) is 19.0 Å². The van der Waals surface area contributed by atoms with Crippen molar-refractivity contribution in [1.82, 2.24) is 10.3 Å². The molecule has 0 unspecified atom stereocenters. The van der Waals surface area contributed by atoms with E-state index in [-0.39, 0.29) is 11.6 Å². The van der Waals surface area contributed by atoms with Gasteiger partial charge in [-0.15, -0.1) is 0 Å². The van der Waals surface area contributed by atoms with Crippen LogP contribution in [0.25, 0.3) is 22.4 Å². The van der Waals surface area contributed by atoms with E-state index < -0.39 is 5.90 Å². The minimum absolute atomic E-state index is 0.0426. The number of nitrogens with zero attached hydrogens (tertiary/aromatic N) is 5. The third-order valence-electron chi connectivity index (χ3n) is 4.99. The fraction of sp³-hybridized carbons (Fsp3) is 0.160. The molecule has 0 spiro atoms. The van der Waals surface area contributed by atoms with Gasteiger partial charge in [0, 0.05) is 22.4 Å². The Morgan fingerprint density at radius 2 is 1.94 bits per heavy atom. The van der Waals surface area contributed by atoms with E-state index in [0.29, 0.717) is 38.9 Å². The number of aromatic nitrogens is 3. The third kappa shape index (κ3) is 5.42. The standard InChI is InChI=1S/C25H21N5O4S/c1-30-14-24(34-29-30)28-23(31)15-35-25-20(13-26)18(12-21(27-25)16-7-5-4-6-8-16)19-11-17(32-2)9-10-22(19)33-3/h4-12,14H,15H2,1-3H3. The Labute approximate surface area is 206 Å². The molecule has 0 aliphatic carbocycles. The number of pyridine rings is 1. The van der Waals surface area contributed by atoms with Crippen LogP contribution < -0.4 is 19.3 Å². The van der Waals surface area contributed by atoms with Gasteiger partial charge in [0.15, 0.2) is 12.3 Å². The molecule has 0 saturated carbocycles. The first-order valence-corrected chi connectivity index (χ1v) is 11.4. The number of rotatable bonds is 8. The molecule has 176 valence electrons. The smallest absolute Gasteiger partial charge is 0.320 e. The van der Waals surface area contributed by atoms with E-state index in [0.717, 1.165) is 17.3 Å². The van der Waals surface area contributed by atoms with Crippen LogP contribution in [0.1, 0.15) is 5.56 Å². The third-order valence-corrected chi connectivity index (χ3v) is 5.95. The van der Waals surface area contributed by atoms with Crippen LogP contribution in [-0.2, 0) is 7.05 Å². The second kappa shape index (κ2) is 10.7. The molecule has 35 heavy (non-hydrogen) atoms. The summed E-state index contributed by atoms with van der Waals surface area (Å²) in [5.74, 6) is 0.812. The summed E-state index contributed by atoms with van der Waals surface area (Å²) in [5.41, 5.74) is 3.13. The first-order chi connectivity index (χ1) is 17.0. The maximum absolute atomic E-state index is 12.5. The largest absolute Gasteiger partial charge is 0.861 e. The Morgan fingerprint density at radius 3 is 2.60 bits per heavy atom. The van der Waals surface area contributed by atoms with Crippen LogP contribution in [0.4, 0.5) is 5.88 Å². The zero-order valence-corrected chi connectivity index (χ0v) is 20.1. The summed E-state index contributed by atoms with van der Waals surface area (Å²) >= 11 is 1.13. The molecular weight excluding hydrogens is 466 g/mol. The van der Waals surface area contributed by atoms with Gasteiger partial charge in [0.2, 0.25) is 0 Å². The summed E-state index contributed by atoms with van der Waals surface area (Å²) in [6, 6.07) is 19.1. The number of thioether (sulfide) groups is 1. The second-order valence-electron chi connectivity index (χ2n) is 7.29. The molecule has 10 heteroatoms. The van der Waals surface area contributed by atoms with Crippen molar-refractivity contribution in [2.75, 3.05) is 20.0 Å². The SMILES string of the molecule is COc1ccc(OC)c(-c2cc(-c3ccccc3)nc(SC/C([O-])=N/c3c[n+](C)no3)c2C#N)c1. The van der Waals surface area contributed by atoms with E-state index in [1.165, 1.54) is 10.9 Å². The van der Waals surface area contributed by atoms with Crippen molar-refractivity contribution in [1.29, 1.82) is 5.26 Å². The average Bonchev–Trinajstić information content (AvgIpc) is 3.31. The van der Waals surface area contributed by atoms with Crippen molar-refractivity contribution in [2.24, 2.45) is 12.0 Å². The van der Waals surface area contributed by atoms with Gasteiger partial charge in [-0.05, 0) is 30.2 Å². The summed E-state index contributed by atoms with van der Waals surface area (Å²) in [6.45, 7) is 0. The van der Waals surface area contributed by atoms with Crippen LogP contribution in [0.2, 0.25) is 0 Å². The maximum atomic E-state index is 12.5. The highest BCUT2D eigenvalue weighted by atomic mass is 32.2. The topological polar surface area (TPSA) is 120 Å². The van der Waals surface area contributed by atoms with Crippen LogP contribution in [0, 0.1) is 11.3 Å². The summed E-state index contributed by atoms with van der Waals surface area (Å²) < 4.78 is 17.3. The summed E-state index contributed by atoms with van der Waals surface area (Å²) in [4.78, 5) is 8.62. The number of nitriles is 1. The number of benzene rings is 2. The van der Waals surface area contributed by atoms with Gasteiger partial charge in [-0.1, -0.05) is 46.8 Å². The average molecular weight is 488 g/mol. The second-order valence-corrected chi connectivity index (χ2v) is 8.25. The first kappa shape index (κ1) is 23.8. The highest BCUT2D eigenvalue weighted by Gasteiger charge is 2.19. The quantitative estimate of drug-likeness (QED) is 0.161. The van der Waals surface area contributed by atoms with E-state index >= 15 is 0 Å². The monoisotopic (exact) mass is 487 g/mol. The van der Waals surface area contributed by atoms with Crippen molar-refractivity contribution >= 4 is 23.5 Å². The summed E-state index contributed by atoms with van der Waals surface area (Å²) in [6.07, 6.45) is 1.49. The van der Waals surface area contributed by atoms with E-state index in [9.17, 15) is 10.4 Å². The van der Waals surface area contributed by atoms with E-state index in [1.54, 1.807) is 33.4 Å². The zero-order chi connectivity index (χ0) is 24.8. The Balaban J connectivity index is 1.82. The lowest BCUT2D eigenvalue weighted by Gasteiger charge is -2.16. The van der Waals surface area contributed by atoms with Gasteiger partial charge in [0.05, 0.1) is 25.5 Å². The van der Waals surface area contributed by atoms with Crippen molar-refractivity contribution < 1.29 is 23.8 Å². The Morgan fingerprint density at radius 1 is 1.14 bits per heavy atom. The molecule has 0 fully saturated rings. The van der Waals surface area contributed by atoms with Crippen LogP contribution in [0.3, 0.4) is 0 Å². The Bertz CT molecular complexity index is 1410. The van der Waals surface area contributed by atoms with Crippen LogP contribution in [0.15, 0.2) is 75.3 Å². The number of aryl methyl sites for hydroxylation is 1. The predicted molar refractivity (Wildman–Crippen MR) is 128 cm³/mol. The Hall–Kier alpha value is -4.36. The maximum Gasteiger partial charge on any atom is 0.320 e. The van der Waals surface area contributed by atoms with Gasteiger partial charge in [0.25, 0.3) is 6.20 Å². The summed E-state index contributed by atoms with van der Waals surface area (Å²) in [7, 11) is 4.80. The molecule has 0 amide bonds. The van der Waals surface area contributed by atoms with E-state index in [2.05, 4.69) is 16.3 Å². The molecule has 9 nitrogen and oxygen atoms in total. The fourth-order valence-electron chi connectivity index (χ4n) is 3.38. The number of ether oxygens (including phenoxy) is 2. The zero-order valence-electron chi connectivity index (χ0n) is 19.3. The highest BCUT2D eigenvalue weighted by Crippen LogP contribution is 2.39. The molecule has 0 aliphatic rings. The minimum atomic E-state index is -0.442. The number of aliphatic imine (C=N–C) groups is 1. The predicted octanol–water partition coefficient (Wildman–Crippen LogP) is 3.30. The molecule has 0 atom stereocenters. The minimum Gasteiger partial charge on any atom is -0.861 e. The van der Waals surface area contributed by atoms with Gasteiger partial charge in [-0.25, -0.2) is 9.98 Å². The highest BCUT2D eigenvalue weighted by molar-refractivity contribution is 8.00. The molecule has 2 heterocycles. The van der Waals surface area contributed by atoms with Crippen LogP contribution in [0.5, 0.6) is 11.5 Å². The first-order valence-electron chi connectivity index (χ1n) is 10.5. The van der Waals surface area contributed by atoms with Crippen LogP contribution >= 0.6 is 11.8 Å². The molecule has 2 aromatic carbocycles. The molecule has 0 bridgehead atoms. The Kier molecular flexibility index (Phi) is 7.28. The lowest BCUT2D eigenvalue weighted by molar-refractivity contribution is -0.739. The van der Waals surface area contributed by atoms with Gasteiger partial charge in [-0.2, -0.15) is 5.26 Å². The molecule has 0 radical (unpaired) electrons.